The summed E-state index contributed by atoms with van der Waals surface area (Å²) in [6.45, 7) is 12.3. The Morgan fingerprint density at radius 2 is 1.41 bits per heavy atom. The van der Waals surface area contributed by atoms with Crippen LogP contribution in [0.25, 0.3) is 21.9 Å². The van der Waals surface area contributed by atoms with Crippen molar-refractivity contribution in [2.24, 2.45) is 0 Å². The van der Waals surface area contributed by atoms with E-state index in [0.29, 0.717) is 70.3 Å². The normalized spacial score (nSPS) is 12.2. The Hall–Kier alpha value is -5.04. The molecule has 322 valence electrons. The molecule has 12 heteroatoms. The first-order valence-corrected chi connectivity index (χ1v) is 20.8. The SMILES string of the molecule is CCCOCCOCCOCCCCCOc1ccc(-c2ccc([C@H](CC(=O)O)NC(=O)CNC(=O)CCCCN/C(C)=C/C(F)=C\C=C(C)C)cc2)c2ccccc12. The molecule has 2 amide bonds. The Kier molecular flexibility index (Phi) is 23.3. The lowest BCUT2D eigenvalue weighted by molar-refractivity contribution is -0.138. The maximum absolute atomic E-state index is 13.9. The third-order valence-corrected chi connectivity index (χ3v) is 9.12. The molecule has 1 atom stereocenters. The zero-order chi connectivity index (χ0) is 42.7. The number of carbonyl (C=O) groups is 3. The Balaban J connectivity index is 1.44. The molecule has 0 radical (unpaired) electrons. The number of benzene rings is 3. The number of carboxylic acids is 1. The summed E-state index contributed by atoms with van der Waals surface area (Å²) >= 11 is 0. The predicted molar refractivity (Wildman–Crippen MR) is 232 cm³/mol. The molecule has 0 unspecified atom stereocenters. The molecule has 3 aromatic carbocycles. The lowest BCUT2D eigenvalue weighted by atomic mass is 9.95. The highest BCUT2D eigenvalue weighted by atomic mass is 19.1. The van der Waals surface area contributed by atoms with Gasteiger partial charge in [-0.3, -0.25) is 14.4 Å². The quantitative estimate of drug-likeness (QED) is 0.0384. The fourth-order valence-electron chi connectivity index (χ4n) is 6.08. The van der Waals surface area contributed by atoms with E-state index in [4.69, 9.17) is 18.9 Å². The highest BCUT2D eigenvalue weighted by Gasteiger charge is 2.19. The molecule has 0 aliphatic heterocycles. The van der Waals surface area contributed by atoms with Crippen molar-refractivity contribution in [1.29, 1.82) is 0 Å². The first-order valence-electron chi connectivity index (χ1n) is 20.8. The summed E-state index contributed by atoms with van der Waals surface area (Å²) in [5.74, 6) is -1.37. The van der Waals surface area contributed by atoms with Gasteiger partial charge in [-0.2, -0.15) is 0 Å². The summed E-state index contributed by atoms with van der Waals surface area (Å²) in [6.07, 6.45) is 9.55. The number of carbonyl (C=O) groups excluding carboxylic acids is 2. The molecule has 0 saturated heterocycles. The van der Waals surface area contributed by atoms with E-state index in [9.17, 15) is 23.9 Å². The maximum atomic E-state index is 13.9. The van der Waals surface area contributed by atoms with Crippen molar-refractivity contribution in [3.05, 3.63) is 102 Å². The molecule has 3 rings (SSSR count). The molecule has 0 saturated carbocycles. The van der Waals surface area contributed by atoms with Gasteiger partial charge in [0, 0.05) is 37.3 Å². The van der Waals surface area contributed by atoms with Crippen molar-refractivity contribution < 1.29 is 42.8 Å². The largest absolute Gasteiger partial charge is 0.493 e. The Morgan fingerprint density at radius 3 is 2.10 bits per heavy atom. The number of fused-ring (bicyclic) bond motifs is 1. The molecule has 0 aliphatic rings. The second-order valence-corrected chi connectivity index (χ2v) is 14.5. The monoisotopic (exact) mass is 817 g/mol. The van der Waals surface area contributed by atoms with Crippen molar-refractivity contribution in [2.45, 2.75) is 85.1 Å². The molecule has 3 aromatic rings. The lowest BCUT2D eigenvalue weighted by Crippen LogP contribution is -2.39. The van der Waals surface area contributed by atoms with Gasteiger partial charge in [-0.25, -0.2) is 4.39 Å². The molecule has 0 fully saturated rings. The van der Waals surface area contributed by atoms with E-state index < -0.39 is 17.9 Å². The number of aliphatic carboxylic acids is 1. The first-order chi connectivity index (χ1) is 28.6. The molecule has 59 heavy (non-hydrogen) atoms. The third-order valence-electron chi connectivity index (χ3n) is 9.12. The van der Waals surface area contributed by atoms with E-state index in [1.165, 1.54) is 12.2 Å². The minimum atomic E-state index is -1.06. The van der Waals surface area contributed by atoms with Gasteiger partial charge in [0.1, 0.15) is 11.6 Å². The number of rotatable bonds is 30. The second-order valence-electron chi connectivity index (χ2n) is 14.5. The topological polar surface area (TPSA) is 144 Å². The molecular formula is C47H64FN3O8. The molecule has 0 bridgehead atoms. The number of halogens is 1. The van der Waals surface area contributed by atoms with Gasteiger partial charge in [0.25, 0.3) is 0 Å². The third kappa shape index (κ3) is 20.0. The van der Waals surface area contributed by atoms with Crippen LogP contribution >= 0.6 is 0 Å². The summed E-state index contributed by atoms with van der Waals surface area (Å²) in [7, 11) is 0. The second kappa shape index (κ2) is 28.4. The number of hydrogen-bond donors (Lipinski definition) is 4. The molecule has 4 N–H and O–H groups in total. The number of carboxylic acid groups (broad SMARTS) is 1. The molecule has 0 aromatic heterocycles. The van der Waals surface area contributed by atoms with Gasteiger partial charge in [0.2, 0.25) is 11.8 Å². The summed E-state index contributed by atoms with van der Waals surface area (Å²) < 4.78 is 36.7. The first kappa shape index (κ1) is 48.3. The van der Waals surface area contributed by atoms with Gasteiger partial charge < -0.3 is 40.0 Å². The number of ether oxygens (including phenoxy) is 4. The standard InChI is InChI=1S/C47H64FN3O8/c1-5-25-56-28-30-58-31-29-57-26-11-6-12-27-59-44-23-22-40(41-13-7-8-14-42(41)44)37-17-19-38(20-18-37)43(33-47(54)55)51-46(53)34-50-45(52)15-9-10-24-49-36(4)32-39(48)21-16-35(2)3/h7-8,13-14,16-23,32,43,49H,5-6,9-12,15,24-31,33-34H2,1-4H3,(H,50,52)(H,51,53)(H,54,55)/b36-32+,39-21+/t43-/m0/s1. The van der Waals surface area contributed by atoms with Gasteiger partial charge in [-0.05, 0) is 99.6 Å². The van der Waals surface area contributed by atoms with Crippen LogP contribution in [0.15, 0.2) is 96.0 Å². The van der Waals surface area contributed by atoms with Crippen LogP contribution in [0, 0.1) is 0 Å². The minimum absolute atomic E-state index is 0.220. The molecule has 0 aliphatic carbocycles. The van der Waals surface area contributed by atoms with Crippen LogP contribution in [0.2, 0.25) is 0 Å². The van der Waals surface area contributed by atoms with Crippen LogP contribution < -0.4 is 20.7 Å². The number of unbranched alkanes of at least 4 members (excludes halogenated alkanes) is 3. The average molecular weight is 818 g/mol. The van der Waals surface area contributed by atoms with E-state index in [-0.39, 0.29) is 31.1 Å². The van der Waals surface area contributed by atoms with E-state index in [2.05, 4.69) is 28.9 Å². The van der Waals surface area contributed by atoms with Crippen LogP contribution in [0.4, 0.5) is 4.39 Å². The zero-order valence-corrected chi connectivity index (χ0v) is 35.3. The smallest absolute Gasteiger partial charge is 0.305 e. The molecular weight excluding hydrogens is 754 g/mol. The van der Waals surface area contributed by atoms with Crippen LogP contribution in [-0.4, -0.2) is 82.2 Å². The average Bonchev–Trinajstić information content (AvgIpc) is 3.21. The minimum Gasteiger partial charge on any atom is -0.493 e. The van der Waals surface area contributed by atoms with E-state index in [1.807, 2.05) is 68.4 Å². The molecule has 11 nitrogen and oxygen atoms in total. The van der Waals surface area contributed by atoms with E-state index in [1.54, 1.807) is 13.0 Å². The van der Waals surface area contributed by atoms with Crippen molar-refractivity contribution >= 4 is 28.6 Å². The van der Waals surface area contributed by atoms with Crippen LogP contribution in [-0.2, 0) is 28.6 Å². The summed E-state index contributed by atoms with van der Waals surface area (Å²) in [5.41, 5.74) is 4.25. The Morgan fingerprint density at radius 1 is 0.729 bits per heavy atom. The van der Waals surface area contributed by atoms with Gasteiger partial charge in [0.15, 0.2) is 0 Å². The van der Waals surface area contributed by atoms with E-state index >= 15 is 0 Å². The summed E-state index contributed by atoms with van der Waals surface area (Å²) in [5, 5.41) is 20.1. The molecule has 0 heterocycles. The number of nitrogens with one attached hydrogen (secondary N) is 3. The highest BCUT2D eigenvalue weighted by molar-refractivity contribution is 6.00. The lowest BCUT2D eigenvalue weighted by Gasteiger charge is -2.19. The highest BCUT2D eigenvalue weighted by Crippen LogP contribution is 2.35. The van der Waals surface area contributed by atoms with Crippen LogP contribution in [0.5, 0.6) is 5.75 Å². The predicted octanol–water partition coefficient (Wildman–Crippen LogP) is 8.75. The number of hydrogen-bond acceptors (Lipinski definition) is 8. The van der Waals surface area contributed by atoms with Gasteiger partial charge >= 0.3 is 5.97 Å². The molecule has 0 spiro atoms. The van der Waals surface area contributed by atoms with Crippen LogP contribution in [0.3, 0.4) is 0 Å². The fourth-order valence-corrected chi connectivity index (χ4v) is 6.08. The number of amides is 2. The van der Waals surface area contributed by atoms with Crippen molar-refractivity contribution in [1.82, 2.24) is 16.0 Å². The van der Waals surface area contributed by atoms with Gasteiger partial charge in [0.05, 0.1) is 52.0 Å². The van der Waals surface area contributed by atoms with Crippen molar-refractivity contribution in [3.8, 4) is 16.9 Å². The zero-order valence-electron chi connectivity index (χ0n) is 35.3. The maximum Gasteiger partial charge on any atom is 0.305 e. The summed E-state index contributed by atoms with van der Waals surface area (Å²) in [6, 6.07) is 18.8. The fraction of sp³-hybridized carbons (Fsp3) is 0.468. The summed E-state index contributed by atoms with van der Waals surface area (Å²) in [4.78, 5) is 37.0. The van der Waals surface area contributed by atoms with Crippen LogP contribution in [0.1, 0.15) is 90.7 Å². The Labute approximate surface area is 349 Å². The van der Waals surface area contributed by atoms with E-state index in [0.717, 1.165) is 65.5 Å². The Bertz CT molecular complexity index is 1820. The van der Waals surface area contributed by atoms with Gasteiger partial charge in [-0.1, -0.05) is 73.2 Å². The number of allylic oxidation sites excluding steroid dienone is 6. The van der Waals surface area contributed by atoms with Gasteiger partial charge in [-0.15, -0.1) is 0 Å². The van der Waals surface area contributed by atoms with Crippen molar-refractivity contribution in [2.75, 3.05) is 59.3 Å². The van der Waals surface area contributed by atoms with Crippen molar-refractivity contribution in [3.63, 3.8) is 0 Å².